The average molecular weight is 272 g/mol. The third-order valence-electron chi connectivity index (χ3n) is 3.00. The van der Waals surface area contributed by atoms with Gasteiger partial charge in [0.05, 0.1) is 16.8 Å². The number of aromatic nitrogens is 2. The van der Waals surface area contributed by atoms with Gasteiger partial charge in [-0.2, -0.15) is 0 Å². The Morgan fingerprint density at radius 1 is 1.05 bits per heavy atom. The maximum atomic E-state index is 11.4. The smallest absolute Gasteiger partial charge is 0.175 e. The summed E-state index contributed by atoms with van der Waals surface area (Å²) >= 11 is 0. The number of nitrogens with zero attached hydrogens (tertiary/aromatic N) is 2. The first-order valence-electron chi connectivity index (χ1n) is 5.78. The second-order valence-electron chi connectivity index (χ2n) is 4.37. The van der Waals surface area contributed by atoms with Crippen LogP contribution in [0.2, 0.25) is 0 Å². The van der Waals surface area contributed by atoms with Crippen molar-refractivity contribution in [2.24, 2.45) is 0 Å². The van der Waals surface area contributed by atoms with Crippen LogP contribution in [0.15, 0.2) is 59.8 Å². The lowest BCUT2D eigenvalue weighted by atomic mass is 10.2. The molecule has 1 aromatic carbocycles. The van der Waals surface area contributed by atoms with Gasteiger partial charge < -0.3 is 0 Å². The monoisotopic (exact) mass is 272 g/mol. The van der Waals surface area contributed by atoms with Gasteiger partial charge in [0.15, 0.2) is 9.84 Å². The molecule has 0 amide bonds. The molecule has 0 fully saturated rings. The van der Waals surface area contributed by atoms with Gasteiger partial charge >= 0.3 is 0 Å². The molecule has 0 radical (unpaired) electrons. The van der Waals surface area contributed by atoms with Gasteiger partial charge in [0.2, 0.25) is 0 Å². The van der Waals surface area contributed by atoms with E-state index in [4.69, 9.17) is 0 Å². The molecule has 2 heterocycles. The number of pyridine rings is 1. The molecule has 4 nitrogen and oxygen atoms in total. The zero-order valence-electron chi connectivity index (χ0n) is 10.3. The molecular weight excluding hydrogens is 260 g/mol. The molecule has 0 bridgehead atoms. The van der Waals surface area contributed by atoms with E-state index in [1.807, 2.05) is 28.8 Å². The minimum atomic E-state index is -3.15. The van der Waals surface area contributed by atoms with Crippen molar-refractivity contribution in [3.63, 3.8) is 0 Å². The molecule has 2 aromatic heterocycles. The summed E-state index contributed by atoms with van der Waals surface area (Å²) < 4.78 is 24.8. The van der Waals surface area contributed by atoms with E-state index in [-0.39, 0.29) is 0 Å². The van der Waals surface area contributed by atoms with E-state index in [9.17, 15) is 8.42 Å². The van der Waals surface area contributed by atoms with Crippen molar-refractivity contribution in [2.45, 2.75) is 4.90 Å². The summed E-state index contributed by atoms with van der Waals surface area (Å²) in [7, 11) is -3.15. The summed E-state index contributed by atoms with van der Waals surface area (Å²) in [4.78, 5) is 4.64. The zero-order chi connectivity index (χ0) is 13.5. The maximum absolute atomic E-state index is 11.4. The highest BCUT2D eigenvalue weighted by Gasteiger charge is 2.09. The summed E-state index contributed by atoms with van der Waals surface area (Å²) in [5.41, 5.74) is 2.74. The first kappa shape index (κ1) is 11.9. The van der Waals surface area contributed by atoms with Crippen molar-refractivity contribution in [3.05, 3.63) is 54.9 Å². The normalized spacial score (nSPS) is 11.8. The molecule has 0 atom stereocenters. The van der Waals surface area contributed by atoms with Crippen LogP contribution < -0.4 is 0 Å². The van der Waals surface area contributed by atoms with Crippen LogP contribution in [0.4, 0.5) is 0 Å². The minimum Gasteiger partial charge on any atom is -0.300 e. The lowest BCUT2D eigenvalue weighted by molar-refractivity contribution is 0.602. The van der Waals surface area contributed by atoms with Gasteiger partial charge in [-0.1, -0.05) is 18.2 Å². The predicted octanol–water partition coefficient (Wildman–Crippen LogP) is 2.40. The Morgan fingerprint density at radius 3 is 2.47 bits per heavy atom. The van der Waals surface area contributed by atoms with Crippen molar-refractivity contribution < 1.29 is 8.42 Å². The molecule has 0 saturated carbocycles. The first-order valence-corrected chi connectivity index (χ1v) is 7.67. The molecule has 0 aliphatic heterocycles. The van der Waals surface area contributed by atoms with Crippen molar-refractivity contribution in [1.82, 2.24) is 9.38 Å². The fourth-order valence-electron chi connectivity index (χ4n) is 2.02. The lowest BCUT2D eigenvalue weighted by Crippen LogP contribution is -1.96. The molecule has 3 rings (SSSR count). The molecule has 0 N–H and O–H groups in total. The summed E-state index contributed by atoms with van der Waals surface area (Å²) in [6.07, 6.45) is 4.92. The van der Waals surface area contributed by atoms with Gasteiger partial charge in [-0.05, 0) is 24.3 Å². The number of imidazole rings is 1. The minimum absolute atomic E-state index is 0.324. The molecule has 3 aromatic rings. The molecule has 0 aliphatic rings. The molecule has 0 aliphatic carbocycles. The van der Waals surface area contributed by atoms with E-state index in [1.165, 1.54) is 6.26 Å². The Bertz CT molecular complexity index is 833. The van der Waals surface area contributed by atoms with Crippen LogP contribution in [0.5, 0.6) is 0 Å². The molecule has 0 unspecified atom stereocenters. The topological polar surface area (TPSA) is 51.4 Å². The third-order valence-corrected chi connectivity index (χ3v) is 4.12. The number of rotatable bonds is 2. The Balaban J connectivity index is 2.12. The third kappa shape index (κ3) is 2.13. The van der Waals surface area contributed by atoms with E-state index in [0.717, 1.165) is 16.9 Å². The van der Waals surface area contributed by atoms with E-state index in [2.05, 4.69) is 4.98 Å². The van der Waals surface area contributed by atoms with Crippen LogP contribution in [0.25, 0.3) is 16.9 Å². The van der Waals surface area contributed by atoms with Crippen molar-refractivity contribution in [2.75, 3.05) is 6.26 Å². The zero-order valence-corrected chi connectivity index (χ0v) is 11.1. The molecule has 0 spiro atoms. The van der Waals surface area contributed by atoms with Gasteiger partial charge in [0.1, 0.15) is 5.65 Å². The fraction of sp³-hybridized carbons (Fsp3) is 0.0714. The standard InChI is InChI=1S/C14H12N2O2S/c1-19(17,18)12-7-5-11(6-8-12)13-10-15-14-4-2-3-9-16(13)14/h2-10H,1H3. The van der Waals surface area contributed by atoms with Gasteiger partial charge in [-0.3, -0.25) is 4.40 Å². The van der Waals surface area contributed by atoms with Crippen molar-refractivity contribution in [1.29, 1.82) is 0 Å². The Morgan fingerprint density at radius 2 is 1.79 bits per heavy atom. The number of hydrogen-bond donors (Lipinski definition) is 0. The number of sulfone groups is 1. The lowest BCUT2D eigenvalue weighted by Gasteiger charge is -2.03. The van der Waals surface area contributed by atoms with E-state index in [0.29, 0.717) is 4.90 Å². The summed E-state index contributed by atoms with van der Waals surface area (Å²) in [5, 5.41) is 0. The van der Waals surface area contributed by atoms with E-state index >= 15 is 0 Å². The fourth-order valence-corrected chi connectivity index (χ4v) is 2.65. The van der Waals surface area contributed by atoms with Crippen LogP contribution in [0, 0.1) is 0 Å². The van der Waals surface area contributed by atoms with Crippen LogP contribution in [0.1, 0.15) is 0 Å². The van der Waals surface area contributed by atoms with Gasteiger partial charge in [0.25, 0.3) is 0 Å². The number of benzene rings is 1. The highest BCUT2D eigenvalue weighted by atomic mass is 32.2. The second kappa shape index (κ2) is 4.20. The Hall–Kier alpha value is -2.14. The van der Waals surface area contributed by atoms with Crippen molar-refractivity contribution in [3.8, 4) is 11.3 Å². The van der Waals surface area contributed by atoms with E-state index in [1.54, 1.807) is 30.5 Å². The van der Waals surface area contributed by atoms with Crippen LogP contribution in [-0.4, -0.2) is 24.1 Å². The Kier molecular flexibility index (Phi) is 2.64. The molecule has 19 heavy (non-hydrogen) atoms. The van der Waals surface area contributed by atoms with Crippen LogP contribution in [-0.2, 0) is 9.84 Å². The highest BCUT2D eigenvalue weighted by molar-refractivity contribution is 7.90. The summed E-state index contributed by atoms with van der Waals surface area (Å²) in [6, 6.07) is 12.6. The first-order chi connectivity index (χ1) is 9.05. The molecule has 5 heteroatoms. The largest absolute Gasteiger partial charge is 0.300 e. The van der Waals surface area contributed by atoms with Gasteiger partial charge in [0, 0.05) is 18.0 Å². The van der Waals surface area contributed by atoms with Crippen LogP contribution >= 0.6 is 0 Å². The highest BCUT2D eigenvalue weighted by Crippen LogP contribution is 2.22. The number of fused-ring (bicyclic) bond motifs is 1. The predicted molar refractivity (Wildman–Crippen MR) is 73.7 cm³/mol. The Labute approximate surface area is 111 Å². The SMILES string of the molecule is CS(=O)(=O)c1ccc(-c2cnc3ccccn23)cc1. The quantitative estimate of drug-likeness (QED) is 0.720. The van der Waals surface area contributed by atoms with Gasteiger partial charge in [-0.25, -0.2) is 13.4 Å². The summed E-state index contributed by atoms with van der Waals surface area (Å²) in [6.45, 7) is 0. The number of hydrogen-bond acceptors (Lipinski definition) is 3. The molecular formula is C14H12N2O2S. The van der Waals surface area contributed by atoms with E-state index < -0.39 is 9.84 Å². The second-order valence-corrected chi connectivity index (χ2v) is 6.38. The molecule has 96 valence electrons. The summed E-state index contributed by atoms with van der Waals surface area (Å²) in [5.74, 6) is 0. The van der Waals surface area contributed by atoms with Crippen LogP contribution in [0.3, 0.4) is 0 Å². The maximum Gasteiger partial charge on any atom is 0.175 e. The molecule has 0 saturated heterocycles. The van der Waals surface area contributed by atoms with Gasteiger partial charge in [-0.15, -0.1) is 0 Å². The average Bonchev–Trinajstić information content (AvgIpc) is 2.82. The van der Waals surface area contributed by atoms with Crippen molar-refractivity contribution >= 4 is 15.5 Å².